The van der Waals surface area contributed by atoms with Crippen LogP contribution in [0.1, 0.15) is 77.0 Å². The number of nitrogens with one attached hydrogen (secondary N) is 2. The number of amides is 5. The summed E-state index contributed by atoms with van der Waals surface area (Å²) in [5.74, 6) is -2.00. The van der Waals surface area contributed by atoms with E-state index in [0.29, 0.717) is 70.6 Å². The monoisotopic (exact) mass is 946 g/mol. The highest BCUT2D eigenvalue weighted by atomic mass is 16.5. The zero-order valence-electron chi connectivity index (χ0n) is 41.5. The first kappa shape index (κ1) is 50.7. The number of urea groups is 1. The van der Waals surface area contributed by atoms with Crippen molar-refractivity contribution < 1.29 is 38.6 Å². The summed E-state index contributed by atoms with van der Waals surface area (Å²) < 4.78 is 14.0. The van der Waals surface area contributed by atoms with E-state index >= 15 is 0 Å². The predicted octanol–water partition coefficient (Wildman–Crippen LogP) is 6.72. The maximum absolute atomic E-state index is 14.8. The first-order valence-electron chi connectivity index (χ1n) is 24.6. The molecule has 0 unspecified atom stereocenters. The quantitative estimate of drug-likeness (QED) is 0.116. The molecule has 15 nitrogen and oxygen atoms in total. The highest BCUT2D eigenvalue weighted by molar-refractivity contribution is 5.96. The topological polar surface area (TPSA) is 166 Å². The fourth-order valence-electron chi connectivity index (χ4n) is 10.3. The number of carbonyl (C=O) groups excluding carboxylic acids is 5. The summed E-state index contributed by atoms with van der Waals surface area (Å²) in [4.78, 5) is 74.9. The van der Waals surface area contributed by atoms with E-state index in [9.17, 15) is 29.1 Å². The van der Waals surface area contributed by atoms with Crippen LogP contribution in [-0.2, 0) is 54.5 Å². The van der Waals surface area contributed by atoms with Crippen molar-refractivity contribution in [2.75, 3.05) is 60.1 Å². The lowest BCUT2D eigenvalue weighted by Crippen LogP contribution is -2.62. The SMILES string of the molecule is C=CC(=O)N1CCCCN(C(=O)N(C)[C@H](C(=O)N[C@H]2Cc3cc(O)cc(c3)-c3ccc4c(c3)c(c(-c3ccccc3CCOC)n4CC)CC(C)(C)COC(=O)[C@@H]3CCCN(N3)C2=O)C(C)C)CC1. The molecule has 0 saturated carbocycles. The molecule has 3 aliphatic rings. The third-order valence-electron chi connectivity index (χ3n) is 13.8. The number of carbonyl (C=O) groups is 5. The van der Waals surface area contributed by atoms with Gasteiger partial charge in [0.2, 0.25) is 11.8 Å². The molecule has 0 spiro atoms. The Morgan fingerprint density at radius 3 is 2.45 bits per heavy atom. The van der Waals surface area contributed by atoms with Gasteiger partial charge in [-0.25, -0.2) is 10.2 Å². The fourth-order valence-corrected chi connectivity index (χ4v) is 10.3. The minimum atomic E-state index is -1.16. The molecule has 4 aromatic rings. The van der Waals surface area contributed by atoms with Crippen LogP contribution >= 0.6 is 0 Å². The molecule has 3 atom stereocenters. The number of likely N-dealkylation sites (N-methyl/N-ethyl adjacent to an activating group) is 1. The van der Waals surface area contributed by atoms with E-state index in [2.05, 4.69) is 79.1 Å². The minimum Gasteiger partial charge on any atom is -0.508 e. The van der Waals surface area contributed by atoms with E-state index in [1.54, 1.807) is 36.1 Å². The Morgan fingerprint density at radius 2 is 1.72 bits per heavy atom. The number of hydrogen-bond acceptors (Lipinski definition) is 9. The van der Waals surface area contributed by atoms with Crippen molar-refractivity contribution in [1.82, 2.24) is 35.0 Å². The molecule has 3 aliphatic heterocycles. The van der Waals surface area contributed by atoms with Gasteiger partial charge in [0.15, 0.2) is 0 Å². The molecular weight excluding hydrogens is 875 g/mol. The molecule has 5 amide bonds. The Kier molecular flexibility index (Phi) is 16.2. The van der Waals surface area contributed by atoms with E-state index in [-0.39, 0.29) is 43.2 Å². The van der Waals surface area contributed by atoms with Crippen molar-refractivity contribution in [3.8, 4) is 28.1 Å². The number of hydrazine groups is 1. The van der Waals surface area contributed by atoms with Crippen molar-refractivity contribution >= 4 is 40.6 Å². The van der Waals surface area contributed by atoms with E-state index in [0.717, 1.165) is 51.7 Å². The number of fused-ring (bicyclic) bond motifs is 6. The van der Waals surface area contributed by atoms with E-state index in [4.69, 9.17) is 9.47 Å². The van der Waals surface area contributed by atoms with Crippen LogP contribution in [0.4, 0.5) is 4.79 Å². The summed E-state index contributed by atoms with van der Waals surface area (Å²) in [6.45, 7) is 17.0. The maximum atomic E-state index is 14.8. The first-order chi connectivity index (χ1) is 33.0. The zero-order valence-corrected chi connectivity index (χ0v) is 41.5. The highest BCUT2D eigenvalue weighted by Gasteiger charge is 2.39. The number of esters is 1. The largest absolute Gasteiger partial charge is 0.508 e. The number of cyclic esters (lactones) is 1. The average Bonchev–Trinajstić information content (AvgIpc) is 3.62. The number of ether oxygens (including phenoxy) is 2. The molecule has 0 radical (unpaired) electrons. The summed E-state index contributed by atoms with van der Waals surface area (Å²) in [7, 11) is 3.30. The normalized spacial score (nSPS) is 19.6. The van der Waals surface area contributed by atoms with Gasteiger partial charge in [0.25, 0.3) is 5.91 Å². The number of hydrogen-bond donors (Lipinski definition) is 3. The Balaban J connectivity index is 1.28. The summed E-state index contributed by atoms with van der Waals surface area (Å²) in [6, 6.07) is 16.7. The fraction of sp³-hybridized carbons (Fsp3) is 0.500. The number of phenols is 1. The third kappa shape index (κ3) is 11.5. The van der Waals surface area contributed by atoms with Crippen molar-refractivity contribution in [1.29, 1.82) is 0 Å². The molecule has 0 aliphatic carbocycles. The molecule has 4 heterocycles. The lowest BCUT2D eigenvalue weighted by molar-refractivity contribution is -0.155. The summed E-state index contributed by atoms with van der Waals surface area (Å²) >= 11 is 0. The molecule has 69 heavy (non-hydrogen) atoms. The highest BCUT2D eigenvalue weighted by Crippen LogP contribution is 2.41. The van der Waals surface area contributed by atoms with Crippen LogP contribution in [0, 0.1) is 11.3 Å². The van der Waals surface area contributed by atoms with Crippen LogP contribution in [0.2, 0.25) is 0 Å². The number of nitrogens with zero attached hydrogens (tertiary/aromatic N) is 5. The van der Waals surface area contributed by atoms with Gasteiger partial charge in [0.1, 0.15) is 23.9 Å². The minimum absolute atomic E-state index is 0.000621. The molecule has 1 aromatic heterocycles. The van der Waals surface area contributed by atoms with E-state index in [1.165, 1.54) is 21.5 Å². The molecule has 2 fully saturated rings. The van der Waals surface area contributed by atoms with Gasteiger partial charge in [0.05, 0.1) is 18.9 Å². The standard InChI is InChI=1S/C54H71N7O8/c1-9-47(63)58-22-13-14-23-59(26-25-58)53(67)57(7)48(35(3)4)50(64)55-45-30-36-28-39(31-40(62)29-36)38-19-20-46-42(32-38)43(49(60(46)10-2)41-17-12-11-16-37(41)21-27-68-8)33-54(5,6)34-69-52(66)44-18-15-24-61(56-44)51(45)65/h9,11-12,16-17,19-20,28-29,31-32,35,44-45,48,56,62H,1,10,13-15,18,21-27,30,33-34H2,2-8H3,(H,55,64)/t44-,45-,48-/m0/s1. The predicted molar refractivity (Wildman–Crippen MR) is 267 cm³/mol. The number of aryl methyl sites for hydroxylation is 1. The van der Waals surface area contributed by atoms with Gasteiger partial charge in [-0.05, 0) is 110 Å². The van der Waals surface area contributed by atoms with Crippen molar-refractivity contribution in [2.45, 2.75) is 104 Å². The molecule has 6 bridgehead atoms. The van der Waals surface area contributed by atoms with Gasteiger partial charge in [-0.3, -0.25) is 24.2 Å². The first-order valence-corrected chi connectivity index (χ1v) is 24.6. The van der Waals surface area contributed by atoms with Crippen molar-refractivity contribution in [3.05, 3.63) is 90.0 Å². The number of aromatic hydroxyl groups is 1. The van der Waals surface area contributed by atoms with Gasteiger partial charge in [-0.15, -0.1) is 0 Å². The second-order valence-corrected chi connectivity index (χ2v) is 19.9. The Labute approximate surface area is 406 Å². The van der Waals surface area contributed by atoms with Crippen LogP contribution in [-0.4, -0.2) is 137 Å². The average molecular weight is 946 g/mol. The van der Waals surface area contributed by atoms with Crippen LogP contribution < -0.4 is 10.7 Å². The number of methoxy groups -OCH3 is 1. The van der Waals surface area contributed by atoms with Crippen LogP contribution in [0.3, 0.4) is 0 Å². The van der Waals surface area contributed by atoms with Gasteiger partial charge >= 0.3 is 12.0 Å². The number of rotatable bonds is 10. The second-order valence-electron chi connectivity index (χ2n) is 19.9. The second kappa shape index (κ2) is 22.1. The number of phenolic OH excluding ortho intramolecular Hbond substituents is 1. The summed E-state index contributed by atoms with van der Waals surface area (Å²) in [6.07, 6.45) is 4.96. The lowest BCUT2D eigenvalue weighted by atomic mass is 9.83. The Bertz CT molecular complexity index is 2550. The smallest absolute Gasteiger partial charge is 0.324 e. The summed E-state index contributed by atoms with van der Waals surface area (Å²) in [5, 5.41) is 16.8. The van der Waals surface area contributed by atoms with Gasteiger partial charge in [-0.1, -0.05) is 70.7 Å². The van der Waals surface area contributed by atoms with Crippen LogP contribution in [0.5, 0.6) is 5.75 Å². The summed E-state index contributed by atoms with van der Waals surface area (Å²) in [5.41, 5.74) is 10.4. The lowest BCUT2D eigenvalue weighted by Gasteiger charge is -2.38. The molecule has 3 N–H and O–H groups in total. The van der Waals surface area contributed by atoms with Crippen LogP contribution in [0.25, 0.3) is 33.3 Å². The van der Waals surface area contributed by atoms with E-state index < -0.39 is 41.3 Å². The number of benzene rings is 3. The van der Waals surface area contributed by atoms with Crippen LogP contribution in [0.15, 0.2) is 73.3 Å². The molecule has 15 heteroatoms. The van der Waals surface area contributed by atoms with E-state index in [1.807, 2.05) is 26.0 Å². The van der Waals surface area contributed by atoms with Gasteiger partial charge in [0, 0.05) is 81.7 Å². The molecule has 3 aromatic carbocycles. The maximum Gasteiger partial charge on any atom is 0.324 e. The van der Waals surface area contributed by atoms with Crippen molar-refractivity contribution in [3.63, 3.8) is 0 Å². The van der Waals surface area contributed by atoms with Gasteiger partial charge < -0.3 is 39.2 Å². The number of aromatic nitrogens is 1. The Morgan fingerprint density at radius 1 is 0.986 bits per heavy atom. The zero-order chi connectivity index (χ0) is 49.6. The van der Waals surface area contributed by atoms with Gasteiger partial charge in [-0.2, -0.15) is 0 Å². The third-order valence-corrected chi connectivity index (χ3v) is 13.8. The Hall–Kier alpha value is -6.19. The molecule has 7 rings (SSSR count). The molecular formula is C54H71N7O8. The molecule has 370 valence electrons. The molecule has 2 saturated heterocycles. The van der Waals surface area contributed by atoms with Crippen molar-refractivity contribution in [2.24, 2.45) is 11.3 Å².